The largest absolute Gasteiger partial charge is 0.367 e. The van der Waals surface area contributed by atoms with Gasteiger partial charge in [0.1, 0.15) is 23.2 Å². The number of nitrogens with zero attached hydrogens (tertiary/aromatic N) is 6. The monoisotopic (exact) mass is 726 g/mol. The van der Waals surface area contributed by atoms with Crippen molar-refractivity contribution >= 4 is 45.3 Å². The van der Waals surface area contributed by atoms with Gasteiger partial charge in [0.15, 0.2) is 0 Å². The van der Waals surface area contributed by atoms with Gasteiger partial charge in [0.05, 0.1) is 37.3 Å². The summed E-state index contributed by atoms with van der Waals surface area (Å²) in [6.07, 6.45) is -0.256. The first-order valence-corrected chi connectivity index (χ1v) is 17.7. The highest BCUT2D eigenvalue weighted by molar-refractivity contribution is 6.30. The first-order chi connectivity index (χ1) is 25.6. The maximum absolute atomic E-state index is 6.24. The molecule has 10 heteroatoms. The van der Waals surface area contributed by atoms with Gasteiger partial charge in [0.2, 0.25) is 0 Å². The first kappa shape index (κ1) is 35.0. The number of ether oxygens (including phenoxy) is 2. The lowest BCUT2D eigenvalue weighted by Gasteiger charge is -2.19. The van der Waals surface area contributed by atoms with Crippen LogP contribution in [0.4, 0.5) is 0 Å². The quantitative estimate of drug-likeness (QED) is 0.125. The Morgan fingerprint density at radius 1 is 0.442 bits per heavy atom. The summed E-state index contributed by atoms with van der Waals surface area (Å²) in [5.41, 5.74) is 8.17. The molecule has 0 saturated carbocycles. The molecule has 0 aliphatic carbocycles. The van der Waals surface area contributed by atoms with E-state index >= 15 is 0 Å². The van der Waals surface area contributed by atoms with Gasteiger partial charge in [0.25, 0.3) is 0 Å². The van der Waals surface area contributed by atoms with Gasteiger partial charge in [-0.3, -0.25) is 0 Å². The zero-order chi connectivity index (χ0) is 35.5. The molecule has 0 bridgehead atoms. The van der Waals surface area contributed by atoms with Crippen molar-refractivity contribution in [2.45, 2.75) is 38.5 Å². The minimum atomic E-state index is -0.128. The Bertz CT molecular complexity index is 2130. The van der Waals surface area contributed by atoms with E-state index in [1.165, 1.54) is 0 Å². The number of hydrogen-bond acceptors (Lipinski definition) is 6. The molecule has 8 rings (SSSR count). The molecular weight excluding hydrogens is 691 g/mol. The predicted octanol–water partition coefficient (Wildman–Crippen LogP) is 10.1. The molecule has 0 fully saturated rings. The Morgan fingerprint density at radius 3 is 1.21 bits per heavy atom. The average molecular weight is 728 g/mol. The number of fused-ring (bicyclic) bond motifs is 2. The second-order valence-corrected chi connectivity index (χ2v) is 13.1. The molecule has 2 aromatic heterocycles. The molecule has 0 aliphatic heterocycles. The molecule has 2 heterocycles. The number of halogens is 2. The molecule has 0 saturated heterocycles. The van der Waals surface area contributed by atoms with Crippen molar-refractivity contribution < 1.29 is 9.47 Å². The molecule has 0 spiro atoms. The van der Waals surface area contributed by atoms with Crippen molar-refractivity contribution in [3.63, 3.8) is 0 Å². The summed E-state index contributed by atoms with van der Waals surface area (Å²) < 4.78 is 16.3. The molecular formula is C42H36Cl2N6O2. The Hall–Kier alpha value is -5.38. The van der Waals surface area contributed by atoms with Crippen molar-refractivity contribution in [3.05, 3.63) is 190 Å². The van der Waals surface area contributed by atoms with Gasteiger partial charge < -0.3 is 9.47 Å². The van der Waals surface area contributed by atoms with E-state index in [4.69, 9.17) is 32.7 Å². The van der Waals surface area contributed by atoms with Crippen LogP contribution >= 0.6 is 23.2 Å². The van der Waals surface area contributed by atoms with Crippen molar-refractivity contribution in [2.75, 3.05) is 0 Å². The van der Waals surface area contributed by atoms with Gasteiger partial charge in [0, 0.05) is 10.0 Å². The molecule has 2 atom stereocenters. The van der Waals surface area contributed by atoms with Crippen molar-refractivity contribution in [3.8, 4) is 0 Å². The zero-order valence-electron chi connectivity index (χ0n) is 28.2. The summed E-state index contributed by atoms with van der Waals surface area (Å²) in [5.74, 6) is 0. The summed E-state index contributed by atoms with van der Waals surface area (Å²) in [5, 5.41) is 18.5. The highest BCUT2D eigenvalue weighted by atomic mass is 35.5. The van der Waals surface area contributed by atoms with Crippen LogP contribution in [-0.4, -0.2) is 30.0 Å². The molecule has 0 unspecified atom stereocenters. The molecule has 8 aromatic rings. The fraction of sp³-hybridized carbons (Fsp3) is 0.143. The first-order valence-electron chi connectivity index (χ1n) is 17.0. The van der Waals surface area contributed by atoms with E-state index in [1.54, 1.807) is 0 Å². The molecule has 260 valence electrons. The highest BCUT2D eigenvalue weighted by Crippen LogP contribution is 2.25. The SMILES string of the molecule is Clc1ccc(CO[C@@H](Cn2nnc3ccccc32)c2ccccc2)cc1.Clc1ccc(CO[C@@H](Cn2nnc3ccccc32)c2ccccc2)cc1. The van der Waals surface area contributed by atoms with Crippen LogP contribution in [0.1, 0.15) is 34.5 Å². The van der Waals surface area contributed by atoms with Crippen molar-refractivity contribution in [1.29, 1.82) is 0 Å². The van der Waals surface area contributed by atoms with E-state index in [1.807, 2.05) is 143 Å². The second kappa shape index (κ2) is 17.2. The van der Waals surface area contributed by atoms with Crippen LogP contribution in [0.15, 0.2) is 158 Å². The maximum atomic E-state index is 6.24. The number of benzene rings is 6. The van der Waals surface area contributed by atoms with Gasteiger partial charge in [-0.1, -0.05) is 143 Å². The number of rotatable bonds is 12. The van der Waals surface area contributed by atoms with Crippen LogP contribution in [0.5, 0.6) is 0 Å². The Morgan fingerprint density at radius 2 is 0.808 bits per heavy atom. The van der Waals surface area contributed by atoms with Crippen molar-refractivity contribution in [1.82, 2.24) is 30.0 Å². The number of hydrogen-bond donors (Lipinski definition) is 0. The average Bonchev–Trinajstić information content (AvgIpc) is 3.81. The Kier molecular flexibility index (Phi) is 11.6. The van der Waals surface area contributed by atoms with E-state index in [2.05, 4.69) is 44.9 Å². The topological polar surface area (TPSA) is 79.9 Å². The lowest BCUT2D eigenvalue weighted by molar-refractivity contribution is 0.0261. The summed E-state index contributed by atoms with van der Waals surface area (Å²) >= 11 is 11.9. The lowest BCUT2D eigenvalue weighted by Crippen LogP contribution is -2.14. The lowest BCUT2D eigenvalue weighted by atomic mass is 10.1. The van der Waals surface area contributed by atoms with Gasteiger partial charge in [-0.25, -0.2) is 9.36 Å². The van der Waals surface area contributed by atoms with Crippen LogP contribution in [0, 0.1) is 0 Å². The van der Waals surface area contributed by atoms with Gasteiger partial charge in [-0.05, 0) is 70.8 Å². The van der Waals surface area contributed by atoms with Crippen LogP contribution < -0.4 is 0 Å². The zero-order valence-corrected chi connectivity index (χ0v) is 29.8. The van der Waals surface area contributed by atoms with E-state index in [-0.39, 0.29) is 12.2 Å². The van der Waals surface area contributed by atoms with E-state index in [0.717, 1.165) is 54.4 Å². The van der Waals surface area contributed by atoms with Gasteiger partial charge in [-0.15, -0.1) is 10.2 Å². The molecule has 0 radical (unpaired) electrons. The van der Waals surface area contributed by atoms with E-state index in [0.29, 0.717) is 26.3 Å². The molecule has 0 N–H and O–H groups in total. The smallest absolute Gasteiger partial charge is 0.113 e. The third-order valence-corrected chi connectivity index (χ3v) is 9.09. The van der Waals surface area contributed by atoms with Crippen molar-refractivity contribution in [2.24, 2.45) is 0 Å². The van der Waals surface area contributed by atoms with E-state index < -0.39 is 0 Å². The van der Waals surface area contributed by atoms with Crippen LogP contribution in [-0.2, 0) is 35.8 Å². The molecule has 0 aliphatic rings. The Labute approximate surface area is 312 Å². The third kappa shape index (κ3) is 9.09. The summed E-state index contributed by atoms with van der Waals surface area (Å²) in [6, 6.07) is 51.7. The number of para-hydroxylation sites is 2. The summed E-state index contributed by atoms with van der Waals surface area (Å²) in [7, 11) is 0. The normalized spacial score (nSPS) is 12.3. The standard InChI is InChI=1S/2C21H18ClN3O/c2*22-18-12-10-16(11-13-18)15-26-21(17-6-2-1-3-7-17)14-25-20-9-5-4-8-19(20)23-24-25/h2*1-13,21H,14-15H2/t2*21-/m00/s1. The molecule has 6 aromatic carbocycles. The summed E-state index contributed by atoms with van der Waals surface area (Å²) in [6.45, 7) is 2.20. The number of aromatic nitrogens is 6. The molecule has 0 amide bonds. The fourth-order valence-corrected chi connectivity index (χ4v) is 6.07. The summed E-state index contributed by atoms with van der Waals surface area (Å²) in [4.78, 5) is 0. The minimum Gasteiger partial charge on any atom is -0.367 e. The fourth-order valence-electron chi connectivity index (χ4n) is 5.82. The van der Waals surface area contributed by atoms with Crippen LogP contribution in [0.3, 0.4) is 0 Å². The highest BCUT2D eigenvalue weighted by Gasteiger charge is 2.17. The maximum Gasteiger partial charge on any atom is 0.113 e. The second-order valence-electron chi connectivity index (χ2n) is 12.2. The third-order valence-electron chi connectivity index (χ3n) is 8.59. The van der Waals surface area contributed by atoms with Crippen LogP contribution in [0.25, 0.3) is 22.1 Å². The Balaban J connectivity index is 0.000000162. The molecule has 8 nitrogen and oxygen atoms in total. The van der Waals surface area contributed by atoms with Gasteiger partial charge in [-0.2, -0.15) is 0 Å². The predicted molar refractivity (Wildman–Crippen MR) is 206 cm³/mol. The molecule has 52 heavy (non-hydrogen) atoms. The van der Waals surface area contributed by atoms with Crippen LogP contribution in [0.2, 0.25) is 10.0 Å². The minimum absolute atomic E-state index is 0.128. The van der Waals surface area contributed by atoms with E-state index in [9.17, 15) is 0 Å². The van der Waals surface area contributed by atoms with Gasteiger partial charge >= 0.3 is 0 Å².